The van der Waals surface area contributed by atoms with Gasteiger partial charge in [0.25, 0.3) is 0 Å². The molecule has 0 aliphatic heterocycles. The zero-order valence-electron chi connectivity index (χ0n) is 23.0. The van der Waals surface area contributed by atoms with Crippen LogP contribution in [0.5, 0.6) is 0 Å². The molecule has 3 aromatic carbocycles. The first-order chi connectivity index (χ1) is 13.9. The summed E-state index contributed by atoms with van der Waals surface area (Å²) in [7, 11) is -0.608. The molecule has 3 heteroatoms. The smallest absolute Gasteiger partial charge is 0.358 e. The van der Waals surface area contributed by atoms with Crippen LogP contribution < -0.4 is 10.4 Å². The van der Waals surface area contributed by atoms with Gasteiger partial charge in [-0.15, -0.1) is 5.56 Å². The van der Waals surface area contributed by atoms with Gasteiger partial charge in [0, 0.05) is 0 Å². The third-order valence-corrected chi connectivity index (χ3v) is 10.5. The molecule has 3 rings (SSSR count). The third-order valence-electron chi connectivity index (χ3n) is 7.00. The molecule has 0 nitrogen and oxygen atoms in total. The van der Waals surface area contributed by atoms with Gasteiger partial charge in [0.1, 0.15) is 0 Å². The molecule has 3 radical (unpaired) electrons. The van der Waals surface area contributed by atoms with Crippen molar-refractivity contribution in [3.8, 4) is 0 Å². The fourth-order valence-electron chi connectivity index (χ4n) is 4.54. The van der Waals surface area contributed by atoms with Crippen LogP contribution in [0.1, 0.15) is 55.6 Å². The van der Waals surface area contributed by atoms with Gasteiger partial charge in [-0.25, -0.2) is 0 Å². The zero-order chi connectivity index (χ0) is 22.4. The Morgan fingerprint density at radius 3 is 1.82 bits per heavy atom. The van der Waals surface area contributed by atoms with E-state index in [0.29, 0.717) is 5.54 Å². The minimum Gasteiger partial charge on any atom is -0.358 e. The summed E-state index contributed by atoms with van der Waals surface area (Å²) in [5.74, 6) is 0. The molecule has 0 bridgehead atoms. The van der Waals surface area contributed by atoms with E-state index in [1.807, 2.05) is 0 Å². The Bertz CT molecular complexity index is 1060. The molecule has 0 amide bonds. The zero-order valence-corrected chi connectivity index (χ0v) is 26.6. The minimum absolute atomic E-state index is 0. The quantitative estimate of drug-likeness (QED) is 0.255. The van der Waals surface area contributed by atoms with Crippen LogP contribution in [0, 0.1) is 63.3 Å². The Labute approximate surface area is 223 Å². The first-order valence-electron chi connectivity index (χ1n) is 11.1. The molecule has 0 N–H and O–H groups in total. The van der Waals surface area contributed by atoms with E-state index in [1.54, 1.807) is 10.8 Å². The van der Waals surface area contributed by atoms with Crippen molar-refractivity contribution in [1.29, 1.82) is 0 Å². The average molecular weight is 508 g/mol. The van der Waals surface area contributed by atoms with E-state index in [0.717, 1.165) is 9.52 Å². The first kappa shape index (κ1) is 31.9. The second-order valence-electron chi connectivity index (χ2n) is 10.1. The topological polar surface area (TPSA) is 0 Å². The minimum atomic E-state index is -1.35. The molecule has 33 heavy (non-hydrogen) atoms. The predicted molar refractivity (Wildman–Crippen MR) is 151 cm³/mol. The van der Waals surface area contributed by atoms with Crippen LogP contribution in [-0.2, 0) is 21.7 Å². The summed E-state index contributed by atoms with van der Waals surface area (Å²) in [6.07, 6.45) is 0. The molecule has 0 aromatic heterocycles. The van der Waals surface area contributed by atoms with Gasteiger partial charge in [-0.2, -0.15) is 22.3 Å². The van der Waals surface area contributed by atoms with E-state index in [4.69, 9.17) is 0 Å². The van der Waals surface area contributed by atoms with Crippen molar-refractivity contribution in [2.24, 2.45) is 0 Å². The van der Waals surface area contributed by atoms with Gasteiger partial charge in [0.15, 0.2) is 0 Å². The number of hydrogen-bond acceptors (Lipinski definition) is 0. The molecule has 0 saturated heterocycles. The maximum Gasteiger partial charge on any atom is 3.00 e. The van der Waals surface area contributed by atoms with Crippen LogP contribution in [0.15, 0.2) is 36.4 Å². The molecule has 1 atom stereocenters. The number of rotatable bonds is 5. The van der Waals surface area contributed by atoms with Gasteiger partial charge in [0.2, 0.25) is 0 Å². The molecule has 1 unspecified atom stereocenters. The molecule has 0 fully saturated rings. The number of hydrogen-bond donors (Lipinski definition) is 0. The van der Waals surface area contributed by atoms with E-state index in [-0.39, 0.29) is 36.6 Å². The molecule has 175 valence electrons. The van der Waals surface area contributed by atoms with Crippen LogP contribution >= 0.6 is 0 Å². The second-order valence-corrected chi connectivity index (χ2v) is 16.6. The van der Waals surface area contributed by atoms with Gasteiger partial charge in [-0.05, 0) is 37.4 Å². The summed E-state index contributed by atoms with van der Waals surface area (Å²) in [6, 6.07) is 14.2. The van der Waals surface area contributed by atoms with Crippen molar-refractivity contribution < 1.29 is 21.7 Å². The Kier molecular flexibility index (Phi) is 11.7. The monoisotopic (exact) mass is 507 g/mol. The van der Waals surface area contributed by atoms with Gasteiger partial charge in [-0.1, -0.05) is 105 Å². The summed E-state index contributed by atoms with van der Waals surface area (Å²) >= 11 is 0. The van der Waals surface area contributed by atoms with Crippen molar-refractivity contribution in [2.75, 3.05) is 0 Å². The van der Waals surface area contributed by atoms with Crippen LogP contribution in [0.3, 0.4) is 0 Å². The van der Waals surface area contributed by atoms with E-state index < -0.39 is 8.07 Å². The van der Waals surface area contributed by atoms with Crippen LogP contribution in [0.4, 0.5) is 0 Å². The maximum absolute atomic E-state index is 2.52. The van der Waals surface area contributed by atoms with Crippen LogP contribution in [0.25, 0.3) is 0 Å². The number of aryl methyl sites for hydroxylation is 2. The average Bonchev–Trinajstić information content (AvgIpc) is 2.84. The Hall–Kier alpha value is -1.06. The molecule has 0 spiro atoms. The standard InChI is InChI=1S/C28H37Si2.2CH3.Ti/c1-17-14-24(16-25(15-17)30(8,9)10)29-28(26-13-11-12-18(2)19(26)3)27-22(6)20(4)21(5)23(27)7;;;/h11-16,28H,1-10H3;2*1H3;/q3*-1;+3. The van der Waals surface area contributed by atoms with E-state index >= 15 is 0 Å². The molecular weight excluding hydrogens is 464 g/mol. The molecule has 0 aliphatic carbocycles. The van der Waals surface area contributed by atoms with E-state index in [1.165, 1.54) is 49.7 Å². The van der Waals surface area contributed by atoms with Gasteiger partial charge in [-0.3, -0.25) is 0 Å². The summed E-state index contributed by atoms with van der Waals surface area (Å²) < 4.78 is 0. The van der Waals surface area contributed by atoms with Crippen molar-refractivity contribution in [3.63, 3.8) is 0 Å². The van der Waals surface area contributed by atoms with Crippen molar-refractivity contribution in [1.82, 2.24) is 0 Å². The summed E-state index contributed by atoms with van der Waals surface area (Å²) in [5, 5.41) is 3.08. The van der Waals surface area contributed by atoms with Crippen molar-refractivity contribution >= 4 is 28.0 Å². The first-order valence-corrected chi connectivity index (χ1v) is 15.7. The van der Waals surface area contributed by atoms with Crippen LogP contribution in [0.2, 0.25) is 19.6 Å². The predicted octanol–water partition coefficient (Wildman–Crippen LogP) is 7.13. The molecule has 3 aromatic rings. The summed E-state index contributed by atoms with van der Waals surface area (Å²) in [4.78, 5) is 0. The van der Waals surface area contributed by atoms with Crippen LogP contribution in [-0.4, -0.2) is 17.6 Å². The molecule has 0 saturated carbocycles. The van der Waals surface area contributed by atoms with Gasteiger partial charge in [0.05, 0.1) is 17.6 Å². The SMILES string of the molecule is Cc1cc([Si]C(c2cccc(C)c2C)[c-]2c(C)c(C)c(C)c2C)cc([Si](C)(C)C)c1.[CH3-].[CH3-].[Ti+3]. The maximum atomic E-state index is 2.52. The number of benzene rings is 2. The molecular formula is C30H43Si2Ti. The summed E-state index contributed by atoms with van der Waals surface area (Å²) in [5.41, 5.74) is 13.6. The third kappa shape index (κ3) is 6.54. The fraction of sp³-hybridized carbons (Fsp3) is 0.367. The van der Waals surface area contributed by atoms with Crippen molar-refractivity contribution in [2.45, 2.75) is 73.6 Å². The second kappa shape index (κ2) is 12.1. The van der Waals surface area contributed by atoms with E-state index in [2.05, 4.69) is 105 Å². The Morgan fingerprint density at radius 1 is 0.758 bits per heavy atom. The molecule has 0 aliphatic rings. The summed E-state index contributed by atoms with van der Waals surface area (Å²) in [6.45, 7) is 23.4. The van der Waals surface area contributed by atoms with Gasteiger partial charge >= 0.3 is 21.7 Å². The fourth-order valence-corrected chi connectivity index (χ4v) is 7.86. The van der Waals surface area contributed by atoms with E-state index in [9.17, 15) is 0 Å². The Balaban J connectivity index is 0.00000341. The normalized spacial score (nSPS) is 11.8. The molecule has 0 heterocycles. The largest absolute Gasteiger partial charge is 3.00 e. The Morgan fingerprint density at radius 2 is 1.30 bits per heavy atom. The van der Waals surface area contributed by atoms with Crippen molar-refractivity contribution in [3.05, 3.63) is 101 Å². The van der Waals surface area contributed by atoms with Gasteiger partial charge < -0.3 is 14.9 Å².